The maximum absolute atomic E-state index is 12.6. The van der Waals surface area contributed by atoms with Gasteiger partial charge in [0.15, 0.2) is 0 Å². The largest absolute Gasteiger partial charge is 0.338 e. The van der Waals surface area contributed by atoms with Crippen molar-refractivity contribution in [2.45, 2.75) is 6.92 Å². The van der Waals surface area contributed by atoms with E-state index >= 15 is 0 Å². The molecule has 1 aliphatic heterocycles. The van der Waals surface area contributed by atoms with Crippen molar-refractivity contribution in [3.8, 4) is 6.07 Å². The third-order valence-electron chi connectivity index (χ3n) is 4.16. The fourth-order valence-corrected chi connectivity index (χ4v) is 2.69. The lowest BCUT2D eigenvalue weighted by Crippen LogP contribution is -2.45. The molecule has 3 rings (SSSR count). The number of nitrogens with zero attached hydrogens (tertiary/aromatic N) is 5. The molecule has 1 aromatic heterocycles. The summed E-state index contributed by atoms with van der Waals surface area (Å²) in [4.78, 5) is 25.8. The Labute approximate surface area is 146 Å². The molecule has 1 fully saturated rings. The number of nitriles is 1. The molecule has 1 aromatic carbocycles. The smallest absolute Gasteiger partial charge is 0.274 e. The van der Waals surface area contributed by atoms with Crippen LogP contribution in [0.1, 0.15) is 21.7 Å². The van der Waals surface area contributed by atoms with E-state index in [1.807, 2.05) is 6.92 Å². The predicted octanol–water partition coefficient (Wildman–Crippen LogP) is 1.66. The predicted molar refractivity (Wildman–Crippen MR) is 95.6 cm³/mol. The van der Waals surface area contributed by atoms with Crippen LogP contribution in [0, 0.1) is 18.3 Å². The number of para-hydroxylation sites is 1. The topological polar surface area (TPSA) is 85.1 Å². The maximum Gasteiger partial charge on any atom is 0.274 e. The molecule has 0 aliphatic carbocycles. The third kappa shape index (κ3) is 3.92. The van der Waals surface area contributed by atoms with E-state index in [0.29, 0.717) is 22.9 Å². The van der Waals surface area contributed by atoms with Crippen molar-refractivity contribution in [3.05, 3.63) is 47.3 Å². The standard InChI is InChI=1S/C18H20N6O/c1-13-11-16(17(25)21-15-6-4-3-5-14(15)12-19)22-18(20-13)24-9-7-23(2)8-10-24/h3-6,11H,7-10H2,1-2H3,(H,21,25). The molecule has 7 nitrogen and oxygen atoms in total. The quantitative estimate of drug-likeness (QED) is 0.917. The van der Waals surface area contributed by atoms with Crippen LogP contribution >= 0.6 is 0 Å². The van der Waals surface area contributed by atoms with Gasteiger partial charge in [0, 0.05) is 31.9 Å². The Kier molecular flexibility index (Phi) is 4.91. The van der Waals surface area contributed by atoms with E-state index in [1.54, 1.807) is 30.3 Å². The summed E-state index contributed by atoms with van der Waals surface area (Å²) in [7, 11) is 2.08. The Morgan fingerprint density at radius 3 is 2.64 bits per heavy atom. The zero-order valence-electron chi connectivity index (χ0n) is 14.4. The van der Waals surface area contributed by atoms with Gasteiger partial charge in [0.1, 0.15) is 11.8 Å². The van der Waals surface area contributed by atoms with Gasteiger partial charge in [0.25, 0.3) is 5.91 Å². The van der Waals surface area contributed by atoms with Crippen LogP contribution in [0.4, 0.5) is 11.6 Å². The van der Waals surface area contributed by atoms with Gasteiger partial charge in [-0.25, -0.2) is 9.97 Å². The molecule has 1 aliphatic rings. The minimum Gasteiger partial charge on any atom is -0.338 e. The zero-order chi connectivity index (χ0) is 17.8. The molecule has 1 saturated heterocycles. The molecular weight excluding hydrogens is 316 g/mol. The van der Waals surface area contributed by atoms with Crippen LogP contribution in [0.25, 0.3) is 0 Å². The summed E-state index contributed by atoms with van der Waals surface area (Å²) in [6.45, 7) is 5.39. The van der Waals surface area contributed by atoms with E-state index in [4.69, 9.17) is 5.26 Å². The van der Waals surface area contributed by atoms with Crippen LogP contribution in [-0.2, 0) is 0 Å². The molecule has 1 N–H and O–H groups in total. The van der Waals surface area contributed by atoms with E-state index in [9.17, 15) is 4.79 Å². The second-order valence-electron chi connectivity index (χ2n) is 6.10. The number of carbonyl (C=O) groups is 1. The number of likely N-dealkylation sites (N-methyl/N-ethyl adjacent to an activating group) is 1. The first kappa shape index (κ1) is 16.9. The van der Waals surface area contributed by atoms with Crippen molar-refractivity contribution in [1.29, 1.82) is 5.26 Å². The number of rotatable bonds is 3. The van der Waals surface area contributed by atoms with Crippen molar-refractivity contribution >= 4 is 17.5 Å². The van der Waals surface area contributed by atoms with Crippen LogP contribution in [0.2, 0.25) is 0 Å². The van der Waals surface area contributed by atoms with Crippen LogP contribution < -0.4 is 10.2 Å². The number of nitrogens with one attached hydrogen (secondary N) is 1. The van der Waals surface area contributed by atoms with Gasteiger partial charge in [-0.3, -0.25) is 4.79 Å². The normalized spacial score (nSPS) is 14.8. The van der Waals surface area contributed by atoms with Gasteiger partial charge in [0.2, 0.25) is 5.95 Å². The van der Waals surface area contributed by atoms with E-state index in [-0.39, 0.29) is 5.91 Å². The summed E-state index contributed by atoms with van der Waals surface area (Å²) in [5.41, 5.74) is 1.94. The maximum atomic E-state index is 12.6. The Bertz CT molecular complexity index is 821. The van der Waals surface area contributed by atoms with Gasteiger partial charge in [-0.15, -0.1) is 0 Å². The van der Waals surface area contributed by atoms with Gasteiger partial charge in [-0.1, -0.05) is 12.1 Å². The van der Waals surface area contributed by atoms with Crippen molar-refractivity contribution in [2.75, 3.05) is 43.4 Å². The molecule has 2 aromatic rings. The Morgan fingerprint density at radius 1 is 1.20 bits per heavy atom. The highest BCUT2D eigenvalue weighted by atomic mass is 16.1. The first-order valence-corrected chi connectivity index (χ1v) is 8.16. The lowest BCUT2D eigenvalue weighted by atomic mass is 10.2. The summed E-state index contributed by atoms with van der Waals surface area (Å²) < 4.78 is 0. The molecule has 25 heavy (non-hydrogen) atoms. The number of aryl methyl sites for hydroxylation is 1. The van der Waals surface area contributed by atoms with E-state index < -0.39 is 0 Å². The molecule has 7 heteroatoms. The molecular formula is C18H20N6O. The third-order valence-corrected chi connectivity index (χ3v) is 4.16. The van der Waals surface area contributed by atoms with E-state index in [0.717, 1.165) is 31.9 Å². The second-order valence-corrected chi connectivity index (χ2v) is 6.10. The summed E-state index contributed by atoms with van der Waals surface area (Å²) in [5.74, 6) is 0.232. The minimum absolute atomic E-state index is 0.300. The average molecular weight is 336 g/mol. The summed E-state index contributed by atoms with van der Waals surface area (Å²) >= 11 is 0. The molecule has 0 spiro atoms. The SMILES string of the molecule is Cc1cc(C(=O)Nc2ccccc2C#N)nc(N2CCN(C)CC2)n1. The van der Waals surface area contributed by atoms with Gasteiger partial charge in [-0.05, 0) is 32.2 Å². The van der Waals surface area contributed by atoms with Crippen molar-refractivity contribution < 1.29 is 4.79 Å². The van der Waals surface area contributed by atoms with Gasteiger partial charge >= 0.3 is 0 Å². The number of anilines is 2. The number of carbonyl (C=O) groups excluding carboxylic acids is 1. The highest BCUT2D eigenvalue weighted by Gasteiger charge is 2.19. The van der Waals surface area contributed by atoms with E-state index in [1.165, 1.54) is 0 Å². The van der Waals surface area contributed by atoms with Gasteiger partial charge < -0.3 is 15.1 Å². The zero-order valence-corrected chi connectivity index (χ0v) is 14.4. The van der Waals surface area contributed by atoms with Crippen molar-refractivity contribution in [1.82, 2.24) is 14.9 Å². The summed E-state index contributed by atoms with van der Waals surface area (Å²) in [5, 5.41) is 11.9. The molecule has 0 saturated carbocycles. The van der Waals surface area contributed by atoms with Crippen LogP contribution in [0.3, 0.4) is 0 Å². The fraction of sp³-hybridized carbons (Fsp3) is 0.333. The number of amides is 1. The van der Waals surface area contributed by atoms with Crippen LogP contribution in [0.5, 0.6) is 0 Å². The lowest BCUT2D eigenvalue weighted by Gasteiger charge is -2.32. The number of aromatic nitrogens is 2. The molecule has 0 bridgehead atoms. The van der Waals surface area contributed by atoms with Gasteiger partial charge in [-0.2, -0.15) is 5.26 Å². The second kappa shape index (κ2) is 7.28. The first-order valence-electron chi connectivity index (χ1n) is 8.16. The summed E-state index contributed by atoms with van der Waals surface area (Å²) in [6, 6.07) is 10.6. The first-order chi connectivity index (χ1) is 12.1. The summed E-state index contributed by atoms with van der Waals surface area (Å²) in [6.07, 6.45) is 0. The minimum atomic E-state index is -0.344. The van der Waals surface area contributed by atoms with Crippen LogP contribution in [0.15, 0.2) is 30.3 Å². The Morgan fingerprint density at radius 2 is 1.92 bits per heavy atom. The van der Waals surface area contributed by atoms with Crippen molar-refractivity contribution in [2.24, 2.45) is 0 Å². The molecule has 0 atom stereocenters. The fourth-order valence-electron chi connectivity index (χ4n) is 2.69. The Balaban J connectivity index is 1.82. The molecule has 128 valence electrons. The highest BCUT2D eigenvalue weighted by Crippen LogP contribution is 2.17. The molecule has 0 radical (unpaired) electrons. The van der Waals surface area contributed by atoms with E-state index in [2.05, 4.69) is 38.2 Å². The number of benzene rings is 1. The average Bonchev–Trinajstić information content (AvgIpc) is 2.62. The lowest BCUT2D eigenvalue weighted by molar-refractivity contribution is 0.102. The Hall–Kier alpha value is -2.98. The monoisotopic (exact) mass is 336 g/mol. The molecule has 1 amide bonds. The number of hydrogen-bond acceptors (Lipinski definition) is 6. The highest BCUT2D eigenvalue weighted by molar-refractivity contribution is 6.03. The molecule has 0 unspecified atom stereocenters. The number of piperazine rings is 1. The van der Waals surface area contributed by atoms with Crippen LogP contribution in [-0.4, -0.2) is 54.0 Å². The molecule has 2 heterocycles. The van der Waals surface area contributed by atoms with Crippen molar-refractivity contribution in [3.63, 3.8) is 0 Å². The van der Waals surface area contributed by atoms with Gasteiger partial charge in [0.05, 0.1) is 11.3 Å². The number of hydrogen-bond donors (Lipinski definition) is 1.